The molecule has 66 valence electrons. The zero-order chi connectivity index (χ0) is 8.91. The summed E-state index contributed by atoms with van der Waals surface area (Å²) in [5.74, 6) is 0. The molecule has 0 aromatic heterocycles. The van der Waals surface area contributed by atoms with E-state index in [9.17, 15) is 4.79 Å². The van der Waals surface area contributed by atoms with Gasteiger partial charge in [0.05, 0.1) is 18.8 Å². The van der Waals surface area contributed by atoms with Crippen molar-refractivity contribution < 1.29 is 14.6 Å². The molecule has 0 radical (unpaired) electrons. The van der Waals surface area contributed by atoms with Crippen LogP contribution in [0.1, 0.15) is 20.8 Å². The summed E-state index contributed by atoms with van der Waals surface area (Å²) in [6.45, 7) is 5.39. The van der Waals surface area contributed by atoms with Gasteiger partial charge in [-0.1, -0.05) is 0 Å². The maximum absolute atomic E-state index is 10.8. The molecule has 0 aromatic carbocycles. The van der Waals surface area contributed by atoms with Gasteiger partial charge in [-0.2, -0.15) is 0 Å². The van der Waals surface area contributed by atoms with Gasteiger partial charge in [-0.15, -0.1) is 0 Å². The maximum atomic E-state index is 10.8. The predicted molar refractivity (Wildman–Crippen MR) is 41.3 cm³/mol. The van der Waals surface area contributed by atoms with Crippen molar-refractivity contribution in [3.05, 3.63) is 0 Å². The summed E-state index contributed by atoms with van der Waals surface area (Å²) in [7, 11) is 0. The monoisotopic (exact) mass is 161 g/mol. The third-order valence-electron chi connectivity index (χ3n) is 1.11. The summed E-state index contributed by atoms with van der Waals surface area (Å²) >= 11 is 0. The van der Waals surface area contributed by atoms with Crippen molar-refractivity contribution >= 4 is 6.09 Å². The summed E-state index contributed by atoms with van der Waals surface area (Å²) in [6, 6.07) is 0. The van der Waals surface area contributed by atoms with Gasteiger partial charge in [0, 0.05) is 0 Å². The Morgan fingerprint density at radius 2 is 2.18 bits per heavy atom. The van der Waals surface area contributed by atoms with Crippen LogP contribution in [0.4, 0.5) is 4.79 Å². The summed E-state index contributed by atoms with van der Waals surface area (Å²) in [5, 5.41) is 11.2. The lowest BCUT2D eigenvalue weighted by atomic mass is 10.1. The van der Waals surface area contributed by atoms with Crippen LogP contribution in [0.2, 0.25) is 0 Å². The number of aliphatic hydroxyl groups is 1. The summed E-state index contributed by atoms with van der Waals surface area (Å²) < 4.78 is 4.62. The highest BCUT2D eigenvalue weighted by Gasteiger charge is 2.19. The lowest BCUT2D eigenvalue weighted by molar-refractivity contribution is 0.125. The quantitative estimate of drug-likeness (QED) is 0.633. The van der Waals surface area contributed by atoms with E-state index < -0.39 is 11.6 Å². The molecule has 4 nitrogen and oxygen atoms in total. The third-order valence-corrected chi connectivity index (χ3v) is 1.11. The van der Waals surface area contributed by atoms with E-state index in [1.54, 1.807) is 20.8 Å². The van der Waals surface area contributed by atoms with Crippen molar-refractivity contribution in [2.24, 2.45) is 0 Å². The number of rotatable bonds is 3. The van der Waals surface area contributed by atoms with Crippen LogP contribution >= 0.6 is 0 Å². The van der Waals surface area contributed by atoms with E-state index in [2.05, 4.69) is 10.1 Å². The second-order valence-electron chi connectivity index (χ2n) is 2.89. The van der Waals surface area contributed by atoms with Gasteiger partial charge in [-0.05, 0) is 20.8 Å². The number of alkyl carbamates (subject to hydrolysis) is 1. The molecule has 0 aromatic rings. The van der Waals surface area contributed by atoms with E-state index in [1.807, 2.05) is 0 Å². The average molecular weight is 161 g/mol. The van der Waals surface area contributed by atoms with Crippen LogP contribution in [0.15, 0.2) is 0 Å². The lowest BCUT2D eigenvalue weighted by Gasteiger charge is -2.22. The largest absolute Gasteiger partial charge is 0.450 e. The zero-order valence-corrected chi connectivity index (χ0v) is 7.18. The Kier molecular flexibility index (Phi) is 3.89. The Bertz CT molecular complexity index is 134. The molecule has 0 aliphatic rings. The molecule has 1 amide bonds. The smallest absolute Gasteiger partial charge is 0.407 e. The number of nitrogens with one attached hydrogen (secondary N) is 1. The van der Waals surface area contributed by atoms with Crippen LogP contribution in [-0.2, 0) is 4.74 Å². The molecule has 0 rings (SSSR count). The van der Waals surface area contributed by atoms with Crippen LogP contribution in [0.5, 0.6) is 0 Å². The molecule has 0 bridgehead atoms. The van der Waals surface area contributed by atoms with Gasteiger partial charge in [-0.3, -0.25) is 0 Å². The molecule has 0 aliphatic carbocycles. The number of carbonyl (C=O) groups is 1. The highest BCUT2D eigenvalue weighted by molar-refractivity contribution is 5.68. The fraction of sp³-hybridized carbons (Fsp3) is 0.857. The van der Waals surface area contributed by atoms with Crippen molar-refractivity contribution in [2.75, 3.05) is 13.2 Å². The molecular formula is C7H15NO3. The second-order valence-corrected chi connectivity index (χ2v) is 2.89. The first-order chi connectivity index (χ1) is 5.02. The molecule has 0 heterocycles. The van der Waals surface area contributed by atoms with Crippen molar-refractivity contribution in [1.82, 2.24) is 5.32 Å². The van der Waals surface area contributed by atoms with E-state index in [4.69, 9.17) is 5.11 Å². The maximum Gasteiger partial charge on any atom is 0.407 e. The van der Waals surface area contributed by atoms with Crippen LogP contribution in [0, 0.1) is 0 Å². The van der Waals surface area contributed by atoms with Gasteiger partial charge in [0.1, 0.15) is 0 Å². The first-order valence-electron chi connectivity index (χ1n) is 3.57. The molecule has 0 fully saturated rings. The fourth-order valence-electron chi connectivity index (χ4n) is 0.483. The number of amides is 1. The molecule has 2 N–H and O–H groups in total. The van der Waals surface area contributed by atoms with Gasteiger partial charge in [0.2, 0.25) is 0 Å². The van der Waals surface area contributed by atoms with Crippen molar-refractivity contribution in [3.63, 3.8) is 0 Å². The standard InChI is InChI=1S/C7H15NO3/c1-4-11-6(10)8-7(2,3)5-9/h9H,4-5H2,1-3H3,(H,8,10). The van der Waals surface area contributed by atoms with Crippen molar-refractivity contribution in [2.45, 2.75) is 26.3 Å². The normalized spacial score (nSPS) is 10.9. The Morgan fingerprint density at radius 1 is 1.64 bits per heavy atom. The molecule has 0 atom stereocenters. The number of aliphatic hydroxyl groups excluding tert-OH is 1. The SMILES string of the molecule is CCOC(=O)NC(C)(C)CO. The van der Waals surface area contributed by atoms with E-state index in [0.29, 0.717) is 6.61 Å². The predicted octanol–water partition coefficient (Wildman–Crippen LogP) is 0.503. The Labute approximate surface area is 66.5 Å². The van der Waals surface area contributed by atoms with E-state index in [0.717, 1.165) is 0 Å². The molecular weight excluding hydrogens is 146 g/mol. The molecule has 4 heteroatoms. The fourth-order valence-corrected chi connectivity index (χ4v) is 0.483. The minimum atomic E-state index is -0.605. The molecule has 0 unspecified atom stereocenters. The van der Waals surface area contributed by atoms with Gasteiger partial charge in [0.25, 0.3) is 0 Å². The molecule has 0 aliphatic heterocycles. The topological polar surface area (TPSA) is 58.6 Å². The first-order valence-corrected chi connectivity index (χ1v) is 3.57. The van der Waals surface area contributed by atoms with Crippen LogP contribution < -0.4 is 5.32 Å². The minimum absolute atomic E-state index is 0.105. The summed E-state index contributed by atoms with van der Waals surface area (Å²) in [5.41, 5.74) is -0.605. The average Bonchev–Trinajstić information content (AvgIpc) is 1.87. The van der Waals surface area contributed by atoms with Gasteiger partial charge >= 0.3 is 6.09 Å². The minimum Gasteiger partial charge on any atom is -0.450 e. The lowest BCUT2D eigenvalue weighted by Crippen LogP contribution is -2.46. The van der Waals surface area contributed by atoms with Crippen molar-refractivity contribution in [1.29, 1.82) is 0 Å². The van der Waals surface area contributed by atoms with E-state index in [-0.39, 0.29) is 6.61 Å². The third kappa shape index (κ3) is 4.61. The second kappa shape index (κ2) is 4.18. The first kappa shape index (κ1) is 10.2. The number of ether oxygens (including phenoxy) is 1. The van der Waals surface area contributed by atoms with Crippen molar-refractivity contribution in [3.8, 4) is 0 Å². The summed E-state index contributed by atoms with van der Waals surface area (Å²) in [4.78, 5) is 10.8. The van der Waals surface area contributed by atoms with Gasteiger partial charge < -0.3 is 15.2 Å². The van der Waals surface area contributed by atoms with Crippen LogP contribution in [-0.4, -0.2) is 30.0 Å². The molecule has 11 heavy (non-hydrogen) atoms. The van der Waals surface area contributed by atoms with Gasteiger partial charge in [-0.25, -0.2) is 4.79 Å². The number of hydrogen-bond acceptors (Lipinski definition) is 3. The van der Waals surface area contributed by atoms with E-state index >= 15 is 0 Å². The van der Waals surface area contributed by atoms with Crippen LogP contribution in [0.25, 0.3) is 0 Å². The van der Waals surface area contributed by atoms with E-state index in [1.165, 1.54) is 0 Å². The van der Waals surface area contributed by atoms with Crippen LogP contribution in [0.3, 0.4) is 0 Å². The highest BCUT2D eigenvalue weighted by atomic mass is 16.5. The van der Waals surface area contributed by atoms with Gasteiger partial charge in [0.15, 0.2) is 0 Å². The highest BCUT2D eigenvalue weighted by Crippen LogP contribution is 1.99. The Balaban J connectivity index is 3.74. The molecule has 0 saturated heterocycles. The summed E-state index contributed by atoms with van der Waals surface area (Å²) in [6.07, 6.45) is -0.494. The number of hydrogen-bond donors (Lipinski definition) is 2. The number of carbonyl (C=O) groups excluding carboxylic acids is 1. The zero-order valence-electron chi connectivity index (χ0n) is 7.18. The molecule has 0 spiro atoms. The Morgan fingerprint density at radius 3 is 2.55 bits per heavy atom. The molecule has 0 saturated carbocycles. The Hall–Kier alpha value is -0.770.